The van der Waals surface area contributed by atoms with Crippen molar-refractivity contribution in [3.05, 3.63) is 107 Å². The second-order valence-corrected chi connectivity index (χ2v) is 7.83. The molecule has 0 aliphatic heterocycles. The Bertz CT molecular complexity index is 1370. The first kappa shape index (κ1) is 19.6. The maximum atomic E-state index is 6.40. The monoisotopic (exact) mass is 442 g/mol. The van der Waals surface area contributed by atoms with Crippen LogP contribution in [-0.2, 0) is 0 Å². The number of aromatic nitrogens is 2. The molecule has 4 aromatic carbocycles. The predicted octanol–water partition coefficient (Wildman–Crippen LogP) is 8.06. The zero-order valence-corrected chi connectivity index (χ0v) is 17.8. The van der Waals surface area contributed by atoms with Gasteiger partial charge in [0.25, 0.3) is 0 Å². The summed E-state index contributed by atoms with van der Waals surface area (Å²) >= 11 is 12.4. The van der Waals surface area contributed by atoms with Crippen molar-refractivity contribution >= 4 is 34.1 Å². The molecule has 5 heteroatoms. The summed E-state index contributed by atoms with van der Waals surface area (Å²) in [7, 11) is 0. The Balaban J connectivity index is 1.54. The lowest BCUT2D eigenvalue weighted by atomic mass is 10.1. The largest absolute Gasteiger partial charge is 0.438 e. The highest BCUT2D eigenvalue weighted by atomic mass is 35.5. The second kappa shape index (κ2) is 8.38. The fourth-order valence-corrected chi connectivity index (χ4v) is 3.87. The summed E-state index contributed by atoms with van der Waals surface area (Å²) < 4.78 is 6.19. The molecule has 3 nitrogen and oxygen atoms in total. The van der Waals surface area contributed by atoms with Crippen LogP contribution in [0.4, 0.5) is 0 Å². The van der Waals surface area contributed by atoms with Crippen molar-refractivity contribution in [1.29, 1.82) is 0 Å². The lowest BCUT2D eigenvalue weighted by Crippen LogP contribution is -1.96. The van der Waals surface area contributed by atoms with E-state index in [-0.39, 0.29) is 0 Å². The maximum Gasteiger partial charge on any atom is 0.230 e. The third-order valence-corrected chi connectivity index (χ3v) is 5.46. The van der Waals surface area contributed by atoms with Gasteiger partial charge in [-0.25, -0.2) is 4.98 Å². The van der Waals surface area contributed by atoms with Crippen LogP contribution in [0.25, 0.3) is 33.4 Å². The van der Waals surface area contributed by atoms with Gasteiger partial charge in [0.1, 0.15) is 5.75 Å². The Morgan fingerprint density at radius 3 is 2.13 bits per heavy atom. The van der Waals surface area contributed by atoms with Gasteiger partial charge in [-0.2, -0.15) is 4.98 Å². The molecule has 0 atom stereocenters. The normalized spacial score (nSPS) is 10.9. The summed E-state index contributed by atoms with van der Waals surface area (Å²) in [4.78, 5) is 9.35. The van der Waals surface area contributed by atoms with E-state index in [0.717, 1.165) is 22.0 Å². The number of ether oxygens (including phenoxy) is 1. The molecule has 0 saturated carbocycles. The van der Waals surface area contributed by atoms with Crippen LogP contribution < -0.4 is 4.74 Å². The average molecular weight is 443 g/mol. The van der Waals surface area contributed by atoms with Gasteiger partial charge >= 0.3 is 0 Å². The molecular weight excluding hydrogens is 427 g/mol. The first-order chi connectivity index (χ1) is 15.2. The maximum absolute atomic E-state index is 6.40. The Labute approximate surface area is 189 Å². The van der Waals surface area contributed by atoms with Gasteiger partial charge in [0, 0.05) is 10.6 Å². The summed E-state index contributed by atoms with van der Waals surface area (Å²) in [6, 6.07) is 31.2. The van der Waals surface area contributed by atoms with E-state index in [9.17, 15) is 0 Å². The molecule has 0 unspecified atom stereocenters. The van der Waals surface area contributed by atoms with E-state index in [2.05, 4.69) is 22.1 Å². The zero-order chi connectivity index (χ0) is 21.2. The summed E-state index contributed by atoms with van der Waals surface area (Å²) in [5.41, 5.74) is 3.74. The van der Waals surface area contributed by atoms with E-state index in [0.29, 0.717) is 33.1 Å². The van der Waals surface area contributed by atoms with Crippen LogP contribution >= 0.6 is 23.2 Å². The van der Waals surface area contributed by atoms with E-state index in [1.54, 1.807) is 12.1 Å². The first-order valence-electron chi connectivity index (χ1n) is 9.73. The van der Waals surface area contributed by atoms with Gasteiger partial charge in [-0.05, 0) is 53.6 Å². The highest BCUT2D eigenvalue weighted by Gasteiger charge is 2.14. The smallest absolute Gasteiger partial charge is 0.230 e. The second-order valence-electron chi connectivity index (χ2n) is 6.99. The van der Waals surface area contributed by atoms with Crippen LogP contribution in [0.1, 0.15) is 0 Å². The van der Waals surface area contributed by atoms with E-state index in [1.807, 2.05) is 72.8 Å². The lowest BCUT2D eigenvalue weighted by Gasteiger charge is -2.11. The van der Waals surface area contributed by atoms with Gasteiger partial charge in [-0.1, -0.05) is 77.8 Å². The molecule has 0 aliphatic rings. The Hall–Kier alpha value is -3.40. The Morgan fingerprint density at radius 2 is 1.35 bits per heavy atom. The molecule has 0 amide bonds. The fourth-order valence-electron chi connectivity index (χ4n) is 3.37. The topological polar surface area (TPSA) is 35.0 Å². The molecule has 5 rings (SSSR count). The van der Waals surface area contributed by atoms with Crippen molar-refractivity contribution < 1.29 is 4.74 Å². The number of hydrogen-bond donors (Lipinski definition) is 0. The fraction of sp³-hybridized carbons (Fsp3) is 0. The van der Waals surface area contributed by atoms with Crippen LogP contribution in [0.5, 0.6) is 11.6 Å². The number of benzene rings is 4. The predicted molar refractivity (Wildman–Crippen MR) is 127 cm³/mol. The third-order valence-electron chi connectivity index (χ3n) is 4.92. The van der Waals surface area contributed by atoms with Gasteiger partial charge in [0.05, 0.1) is 15.9 Å². The van der Waals surface area contributed by atoms with Crippen LogP contribution in [0.2, 0.25) is 10.0 Å². The lowest BCUT2D eigenvalue weighted by molar-refractivity contribution is 0.469. The van der Waals surface area contributed by atoms with Gasteiger partial charge in [0.15, 0.2) is 5.82 Å². The average Bonchev–Trinajstić information content (AvgIpc) is 2.80. The Morgan fingerprint density at radius 1 is 0.645 bits per heavy atom. The molecule has 0 fully saturated rings. The molecule has 0 bridgehead atoms. The number of nitrogens with zero attached hydrogens (tertiary/aromatic N) is 2. The van der Waals surface area contributed by atoms with E-state index in [4.69, 9.17) is 27.9 Å². The van der Waals surface area contributed by atoms with E-state index in [1.165, 1.54) is 0 Å². The number of fused-ring (bicyclic) bond motifs is 1. The van der Waals surface area contributed by atoms with Gasteiger partial charge in [-0.3, -0.25) is 0 Å². The molecule has 0 aliphatic carbocycles. The molecule has 31 heavy (non-hydrogen) atoms. The molecule has 0 spiro atoms. The van der Waals surface area contributed by atoms with Gasteiger partial charge < -0.3 is 4.74 Å². The van der Waals surface area contributed by atoms with Crippen molar-refractivity contribution in [1.82, 2.24) is 9.97 Å². The molecule has 1 aromatic heterocycles. The highest BCUT2D eigenvalue weighted by Crippen LogP contribution is 2.34. The van der Waals surface area contributed by atoms with E-state index < -0.39 is 0 Å². The molecule has 0 N–H and O–H groups in total. The van der Waals surface area contributed by atoms with Crippen LogP contribution in [0.15, 0.2) is 97.1 Å². The Kier molecular flexibility index (Phi) is 5.29. The van der Waals surface area contributed by atoms with Crippen LogP contribution in [0.3, 0.4) is 0 Å². The summed E-state index contributed by atoms with van der Waals surface area (Å²) in [6.07, 6.45) is 0. The van der Waals surface area contributed by atoms with Gasteiger partial charge in [0.2, 0.25) is 5.88 Å². The third kappa shape index (κ3) is 4.11. The quantitative estimate of drug-likeness (QED) is 0.282. The summed E-state index contributed by atoms with van der Waals surface area (Å²) in [5, 5.41) is 1.87. The van der Waals surface area contributed by atoms with Crippen molar-refractivity contribution in [3.8, 4) is 34.1 Å². The SMILES string of the molecule is Clc1ccc(-c2nc(Oc3ccc(-c4ccccc4)cc3)c3ccccc3n2)c(Cl)c1. The van der Waals surface area contributed by atoms with E-state index >= 15 is 0 Å². The molecule has 0 saturated heterocycles. The number of rotatable bonds is 4. The van der Waals surface area contributed by atoms with Crippen LogP contribution in [-0.4, -0.2) is 9.97 Å². The standard InChI is InChI=1S/C26H16Cl2N2O/c27-19-12-15-21(23(28)16-19)25-29-24-9-5-4-8-22(24)26(30-25)31-20-13-10-18(11-14-20)17-6-2-1-3-7-17/h1-16H. The van der Waals surface area contributed by atoms with Crippen molar-refractivity contribution in [2.24, 2.45) is 0 Å². The van der Waals surface area contributed by atoms with Crippen LogP contribution in [0, 0.1) is 0 Å². The first-order valence-corrected chi connectivity index (χ1v) is 10.5. The van der Waals surface area contributed by atoms with Gasteiger partial charge in [-0.15, -0.1) is 0 Å². The summed E-state index contributed by atoms with van der Waals surface area (Å²) in [5.74, 6) is 1.65. The number of halogens is 2. The minimum absolute atomic E-state index is 0.471. The van der Waals surface area contributed by atoms with Crippen molar-refractivity contribution in [2.75, 3.05) is 0 Å². The number of hydrogen-bond acceptors (Lipinski definition) is 3. The molecule has 150 valence electrons. The molecular formula is C26H16Cl2N2O. The molecule has 0 radical (unpaired) electrons. The minimum atomic E-state index is 0.471. The highest BCUT2D eigenvalue weighted by molar-refractivity contribution is 6.36. The molecule has 5 aromatic rings. The van der Waals surface area contributed by atoms with Crippen molar-refractivity contribution in [3.63, 3.8) is 0 Å². The minimum Gasteiger partial charge on any atom is -0.438 e. The number of para-hydroxylation sites is 1. The molecule has 1 heterocycles. The zero-order valence-electron chi connectivity index (χ0n) is 16.3. The summed E-state index contributed by atoms with van der Waals surface area (Å²) in [6.45, 7) is 0. The van der Waals surface area contributed by atoms with Crippen molar-refractivity contribution in [2.45, 2.75) is 0 Å².